The fourth-order valence-corrected chi connectivity index (χ4v) is 1.53. The summed E-state index contributed by atoms with van der Waals surface area (Å²) in [5.74, 6) is 0.662. The molecule has 84 valence electrons. The Morgan fingerprint density at radius 1 is 1.24 bits per heavy atom. The Bertz CT molecular complexity index is 730. The molecule has 6 nitrogen and oxygen atoms in total. The lowest BCUT2D eigenvalue weighted by Gasteiger charge is -1.91. The quantitative estimate of drug-likeness (QED) is 0.669. The van der Waals surface area contributed by atoms with E-state index in [1.54, 1.807) is 0 Å². The number of nitrogens with zero attached hydrogens (tertiary/aromatic N) is 3. The largest absolute Gasteiger partial charge is 0.403 e. The van der Waals surface area contributed by atoms with Gasteiger partial charge >= 0.3 is 5.84 Å². The lowest BCUT2D eigenvalue weighted by Crippen LogP contribution is -2.10. The molecule has 0 amide bonds. The Labute approximate surface area is 95.3 Å². The van der Waals surface area contributed by atoms with Crippen molar-refractivity contribution in [2.24, 2.45) is 0 Å². The van der Waals surface area contributed by atoms with Crippen LogP contribution < -0.4 is 11.3 Å². The van der Waals surface area contributed by atoms with Crippen molar-refractivity contribution in [2.45, 2.75) is 0 Å². The van der Waals surface area contributed by atoms with Gasteiger partial charge in [0.05, 0.1) is 0 Å². The number of aromatic nitrogens is 3. The second kappa shape index (κ2) is 3.44. The predicted molar refractivity (Wildman–Crippen MR) is 61.4 cm³/mol. The molecule has 0 aliphatic rings. The summed E-state index contributed by atoms with van der Waals surface area (Å²) in [6.07, 6.45) is 0. The molecule has 2 heterocycles. The molecule has 0 fully saturated rings. The highest BCUT2D eigenvalue weighted by Crippen LogP contribution is 2.18. The molecule has 0 bridgehead atoms. The highest BCUT2D eigenvalue weighted by molar-refractivity contribution is 5.54. The van der Waals surface area contributed by atoms with E-state index in [9.17, 15) is 4.79 Å². The molecule has 0 aliphatic heterocycles. The molecular formula is C11H8N4O2. The van der Waals surface area contributed by atoms with Gasteiger partial charge in [-0.25, -0.2) is 0 Å². The van der Waals surface area contributed by atoms with E-state index in [0.717, 1.165) is 5.56 Å². The van der Waals surface area contributed by atoms with Gasteiger partial charge in [-0.2, -0.15) is 9.50 Å². The Balaban J connectivity index is 2.27. The molecule has 0 atom stereocenters. The normalized spacial score (nSPS) is 10.8. The summed E-state index contributed by atoms with van der Waals surface area (Å²) in [6, 6.07) is 10.5. The van der Waals surface area contributed by atoms with Gasteiger partial charge in [-0.3, -0.25) is 4.79 Å². The van der Waals surface area contributed by atoms with Crippen LogP contribution in [0.15, 0.2) is 45.6 Å². The summed E-state index contributed by atoms with van der Waals surface area (Å²) in [7, 11) is 0. The minimum Gasteiger partial charge on any atom is -0.403 e. The summed E-state index contributed by atoms with van der Waals surface area (Å²) in [5, 5.41) is 4.15. The van der Waals surface area contributed by atoms with Crippen molar-refractivity contribution in [2.75, 3.05) is 5.73 Å². The van der Waals surface area contributed by atoms with Gasteiger partial charge in [0, 0.05) is 11.6 Å². The zero-order valence-electron chi connectivity index (χ0n) is 8.70. The van der Waals surface area contributed by atoms with Gasteiger partial charge in [-0.15, -0.1) is 5.10 Å². The van der Waals surface area contributed by atoms with Crippen molar-refractivity contribution >= 4 is 11.7 Å². The smallest absolute Gasteiger partial charge is 0.330 e. The Kier molecular flexibility index (Phi) is 1.94. The minimum absolute atomic E-state index is 0.0915. The van der Waals surface area contributed by atoms with Crippen LogP contribution in [0.25, 0.3) is 17.3 Å². The number of nitrogens with two attached hydrogens (primary N) is 1. The van der Waals surface area contributed by atoms with Crippen LogP contribution in [0.5, 0.6) is 0 Å². The maximum absolute atomic E-state index is 11.2. The molecule has 17 heavy (non-hydrogen) atoms. The number of nitrogen functional groups attached to an aromatic ring is 1. The van der Waals surface area contributed by atoms with Crippen LogP contribution in [-0.2, 0) is 0 Å². The molecule has 0 saturated heterocycles. The lowest BCUT2D eigenvalue weighted by molar-refractivity contribution is 0.601. The summed E-state index contributed by atoms with van der Waals surface area (Å²) >= 11 is 0. The van der Waals surface area contributed by atoms with Crippen molar-refractivity contribution in [3.63, 3.8) is 0 Å². The van der Waals surface area contributed by atoms with E-state index < -0.39 is 5.56 Å². The summed E-state index contributed by atoms with van der Waals surface area (Å²) in [4.78, 5) is 14.8. The minimum atomic E-state index is -0.446. The van der Waals surface area contributed by atoms with Gasteiger partial charge in [0.1, 0.15) is 5.82 Å². The predicted octanol–water partition coefficient (Wildman–Crippen LogP) is 0.932. The van der Waals surface area contributed by atoms with Crippen LogP contribution in [0.2, 0.25) is 0 Å². The molecule has 0 unspecified atom stereocenters. The first kappa shape index (κ1) is 9.59. The molecule has 3 rings (SSSR count). The molecule has 0 radical (unpaired) electrons. The Morgan fingerprint density at radius 2 is 2.00 bits per heavy atom. The number of hydrogen-bond donors (Lipinski definition) is 1. The van der Waals surface area contributed by atoms with Gasteiger partial charge < -0.3 is 10.2 Å². The van der Waals surface area contributed by atoms with Crippen LogP contribution in [-0.4, -0.2) is 14.6 Å². The number of fused-ring (bicyclic) bond motifs is 1. The van der Waals surface area contributed by atoms with Crippen molar-refractivity contribution < 1.29 is 4.42 Å². The zero-order chi connectivity index (χ0) is 11.8. The van der Waals surface area contributed by atoms with Crippen molar-refractivity contribution in [1.29, 1.82) is 0 Å². The summed E-state index contributed by atoms with van der Waals surface area (Å²) < 4.78 is 6.67. The van der Waals surface area contributed by atoms with E-state index in [1.165, 1.54) is 10.6 Å². The third-order valence-corrected chi connectivity index (χ3v) is 2.30. The molecule has 3 aromatic rings. The number of rotatable bonds is 1. The molecule has 2 N–H and O–H groups in total. The summed E-state index contributed by atoms with van der Waals surface area (Å²) in [5.41, 5.74) is 6.00. The Hall–Kier alpha value is -2.63. The van der Waals surface area contributed by atoms with Gasteiger partial charge in [-0.05, 0) is 12.1 Å². The molecule has 0 saturated carbocycles. The average Bonchev–Trinajstić information content (AvgIpc) is 2.74. The van der Waals surface area contributed by atoms with E-state index >= 15 is 0 Å². The van der Waals surface area contributed by atoms with Gasteiger partial charge in [-0.1, -0.05) is 18.2 Å². The topological polar surface area (TPSA) is 86.4 Å². The van der Waals surface area contributed by atoms with Crippen LogP contribution in [0.3, 0.4) is 0 Å². The first-order valence-electron chi connectivity index (χ1n) is 4.96. The molecule has 2 aromatic heterocycles. The third kappa shape index (κ3) is 1.55. The second-order valence-electron chi connectivity index (χ2n) is 3.49. The highest BCUT2D eigenvalue weighted by Gasteiger charge is 2.10. The van der Waals surface area contributed by atoms with Crippen LogP contribution in [0.4, 0.5) is 5.82 Å². The van der Waals surface area contributed by atoms with Crippen molar-refractivity contribution in [1.82, 2.24) is 14.6 Å². The molecule has 0 spiro atoms. The molecule has 0 aliphatic carbocycles. The second-order valence-corrected chi connectivity index (χ2v) is 3.49. The SMILES string of the molecule is Nc1cc(=O)nc2oc(-c3ccccc3)nn12. The van der Waals surface area contributed by atoms with E-state index in [4.69, 9.17) is 10.2 Å². The van der Waals surface area contributed by atoms with Gasteiger partial charge in [0.2, 0.25) is 5.89 Å². The standard InChI is InChI=1S/C11H8N4O2/c12-8-6-9(16)13-11-15(8)14-10(17-11)7-4-2-1-3-5-7/h1-6H,12H2. The van der Waals surface area contributed by atoms with Crippen LogP contribution in [0.1, 0.15) is 0 Å². The third-order valence-electron chi connectivity index (χ3n) is 2.30. The molecule has 6 heteroatoms. The molecule has 1 aromatic carbocycles. The monoisotopic (exact) mass is 228 g/mol. The highest BCUT2D eigenvalue weighted by atomic mass is 16.4. The average molecular weight is 228 g/mol. The van der Waals surface area contributed by atoms with E-state index in [2.05, 4.69) is 10.1 Å². The number of anilines is 1. The summed E-state index contributed by atoms with van der Waals surface area (Å²) in [6.45, 7) is 0. The molecular weight excluding hydrogens is 220 g/mol. The van der Waals surface area contributed by atoms with Gasteiger partial charge in [0.25, 0.3) is 5.56 Å². The fourth-order valence-electron chi connectivity index (χ4n) is 1.53. The van der Waals surface area contributed by atoms with E-state index in [0.29, 0.717) is 5.89 Å². The lowest BCUT2D eigenvalue weighted by atomic mass is 10.2. The number of hydrogen-bond acceptors (Lipinski definition) is 5. The van der Waals surface area contributed by atoms with Gasteiger partial charge in [0.15, 0.2) is 0 Å². The zero-order valence-corrected chi connectivity index (χ0v) is 8.70. The van der Waals surface area contributed by atoms with Crippen LogP contribution >= 0.6 is 0 Å². The van der Waals surface area contributed by atoms with Crippen LogP contribution in [0, 0.1) is 0 Å². The fraction of sp³-hybridized carbons (Fsp3) is 0. The van der Waals surface area contributed by atoms with E-state index in [-0.39, 0.29) is 11.7 Å². The van der Waals surface area contributed by atoms with E-state index in [1.807, 2.05) is 30.3 Å². The number of benzene rings is 1. The Morgan fingerprint density at radius 3 is 2.76 bits per heavy atom. The maximum atomic E-state index is 11.2. The first-order valence-corrected chi connectivity index (χ1v) is 4.96. The van der Waals surface area contributed by atoms with Crippen molar-refractivity contribution in [3.05, 3.63) is 46.8 Å². The van der Waals surface area contributed by atoms with Crippen molar-refractivity contribution in [3.8, 4) is 11.5 Å². The first-order chi connectivity index (χ1) is 8.24. The maximum Gasteiger partial charge on any atom is 0.330 e.